The summed E-state index contributed by atoms with van der Waals surface area (Å²) in [5, 5.41) is 24.8. The molecule has 5 aromatic rings. The Morgan fingerprint density at radius 2 is 1.49 bits per heavy atom. The van der Waals surface area contributed by atoms with E-state index in [1.165, 1.54) is 0 Å². The zero-order chi connectivity index (χ0) is 39.4. The van der Waals surface area contributed by atoms with Gasteiger partial charge in [0, 0.05) is 67.0 Å². The molecule has 2 amide bonds. The lowest BCUT2D eigenvalue weighted by Crippen LogP contribution is -2.38. The molecule has 4 aromatic heterocycles. The maximum atomic E-state index is 12.9. The number of anilines is 2. The van der Waals surface area contributed by atoms with Gasteiger partial charge in [0.25, 0.3) is 0 Å². The summed E-state index contributed by atoms with van der Waals surface area (Å²) < 4.78 is 7.79. The molecule has 2 fully saturated rings. The summed E-state index contributed by atoms with van der Waals surface area (Å²) in [5.41, 5.74) is 9.69. The van der Waals surface area contributed by atoms with Gasteiger partial charge in [-0.25, -0.2) is 9.97 Å². The van der Waals surface area contributed by atoms with Crippen LogP contribution in [-0.4, -0.2) is 69.4 Å². The number of amides is 2. The number of guanidine groups is 2. The molecule has 0 atom stereocenters. The third-order valence-electron chi connectivity index (χ3n) is 11.2. The number of pyridine rings is 2. The molecule has 2 saturated carbocycles. The van der Waals surface area contributed by atoms with Crippen LogP contribution in [0.2, 0.25) is 0 Å². The highest BCUT2D eigenvalue weighted by molar-refractivity contribution is 6.02. The fourth-order valence-corrected chi connectivity index (χ4v) is 7.95. The van der Waals surface area contributed by atoms with Crippen LogP contribution in [0.15, 0.2) is 84.4 Å². The van der Waals surface area contributed by atoms with E-state index in [0.717, 1.165) is 116 Å². The van der Waals surface area contributed by atoms with Crippen LogP contribution in [0.4, 0.5) is 11.4 Å². The number of hydrogen-bond acceptors (Lipinski definition) is 9. The van der Waals surface area contributed by atoms with Crippen LogP contribution in [0.25, 0.3) is 22.1 Å². The lowest BCUT2D eigenvalue weighted by Gasteiger charge is -2.28. The number of H-pyrrole nitrogens is 1. The van der Waals surface area contributed by atoms with E-state index in [2.05, 4.69) is 46.5 Å². The minimum absolute atomic E-state index is 0.00286. The van der Waals surface area contributed by atoms with Crippen LogP contribution in [0.3, 0.4) is 0 Å². The minimum Gasteiger partial charge on any atom is -0.370 e. The summed E-state index contributed by atoms with van der Waals surface area (Å²) in [5.74, 6) is 2.29. The van der Waals surface area contributed by atoms with E-state index < -0.39 is 0 Å². The van der Waals surface area contributed by atoms with E-state index in [0.29, 0.717) is 31.7 Å². The molecule has 0 radical (unpaired) electrons. The highest BCUT2D eigenvalue weighted by Crippen LogP contribution is 2.32. The number of hydrogen-bond donors (Lipinski definition) is 8. The third-order valence-corrected chi connectivity index (χ3v) is 11.2. The van der Waals surface area contributed by atoms with Crippen molar-refractivity contribution in [2.45, 2.75) is 64.7 Å². The molecular formula is C42H54N12O3. The topological polar surface area (TPSA) is 212 Å². The Morgan fingerprint density at radius 3 is 2.16 bits per heavy atom. The number of nitrogens with two attached hydrogens (primary N) is 1. The zero-order valence-corrected chi connectivity index (χ0v) is 32.3. The van der Waals surface area contributed by atoms with Gasteiger partial charge in [-0.2, -0.15) is 0 Å². The molecule has 8 rings (SSSR count). The fourth-order valence-electron chi connectivity index (χ4n) is 7.95. The first-order valence-corrected chi connectivity index (χ1v) is 20.1. The molecule has 3 aliphatic rings. The first-order valence-electron chi connectivity index (χ1n) is 20.1. The van der Waals surface area contributed by atoms with Gasteiger partial charge in [-0.15, -0.1) is 0 Å². The van der Waals surface area contributed by atoms with Crippen molar-refractivity contribution in [3.05, 3.63) is 84.9 Å². The van der Waals surface area contributed by atoms with E-state index in [-0.39, 0.29) is 29.6 Å². The summed E-state index contributed by atoms with van der Waals surface area (Å²) in [6.07, 6.45) is 14.9. The molecule has 0 bridgehead atoms. The molecule has 1 aromatic carbocycles. The van der Waals surface area contributed by atoms with Gasteiger partial charge in [0.15, 0.2) is 11.9 Å². The van der Waals surface area contributed by atoms with E-state index >= 15 is 0 Å². The van der Waals surface area contributed by atoms with Gasteiger partial charge >= 0.3 is 0 Å². The molecule has 9 N–H and O–H groups in total. The van der Waals surface area contributed by atoms with Crippen molar-refractivity contribution in [2.75, 3.05) is 36.8 Å². The van der Waals surface area contributed by atoms with E-state index in [9.17, 15) is 9.59 Å². The number of nitrogens with one attached hydrogen (secondary N) is 7. The van der Waals surface area contributed by atoms with E-state index in [4.69, 9.17) is 15.9 Å². The number of aliphatic imine (C=N–C) groups is 1. The normalized spacial score (nSPS) is 20.5. The predicted molar refractivity (Wildman–Crippen MR) is 223 cm³/mol. The van der Waals surface area contributed by atoms with E-state index in [1.54, 1.807) is 12.4 Å². The van der Waals surface area contributed by atoms with Gasteiger partial charge in [-0.1, -0.05) is 30.3 Å². The molecule has 15 nitrogen and oxygen atoms in total. The SMILES string of the molecule is N=C(N)NC[C@H]1CC[C@H](C(=O)Nc2ccnc3c2ccn3COCc2ccccc2)CC1.O=C(Nc1ccnc2[nH]ccc12)[C@H]1CC[C@H](CNC2=NCCN2)CC1. The zero-order valence-electron chi connectivity index (χ0n) is 32.3. The summed E-state index contributed by atoms with van der Waals surface area (Å²) in [4.78, 5) is 41.7. The maximum absolute atomic E-state index is 12.9. The number of nitrogens with zero attached hydrogens (tertiary/aromatic N) is 4. The average Bonchev–Trinajstić information content (AvgIpc) is 4.03. The van der Waals surface area contributed by atoms with Crippen LogP contribution in [0.5, 0.6) is 0 Å². The third kappa shape index (κ3) is 10.7. The van der Waals surface area contributed by atoms with Gasteiger partial charge in [0.2, 0.25) is 11.8 Å². The number of benzene rings is 1. The monoisotopic (exact) mass is 774 g/mol. The first-order chi connectivity index (χ1) is 27.9. The lowest BCUT2D eigenvalue weighted by molar-refractivity contribution is -0.121. The highest BCUT2D eigenvalue weighted by atomic mass is 16.5. The van der Waals surface area contributed by atoms with Crippen LogP contribution >= 0.6 is 0 Å². The largest absolute Gasteiger partial charge is 0.370 e. The van der Waals surface area contributed by atoms with Gasteiger partial charge in [-0.05, 0) is 93.0 Å². The second-order valence-electron chi connectivity index (χ2n) is 15.2. The first kappa shape index (κ1) is 39.3. The van der Waals surface area contributed by atoms with Crippen LogP contribution < -0.4 is 32.3 Å². The molecule has 15 heteroatoms. The number of carbonyl (C=O) groups is 2. The Hall–Kier alpha value is -5.96. The Balaban J connectivity index is 0.000000179. The van der Waals surface area contributed by atoms with Gasteiger partial charge in [-0.3, -0.25) is 20.0 Å². The number of carbonyl (C=O) groups excluding carboxylic acids is 2. The average molecular weight is 775 g/mol. The smallest absolute Gasteiger partial charge is 0.227 e. The summed E-state index contributed by atoms with van der Waals surface area (Å²) in [6.45, 7) is 4.35. The molecule has 5 heterocycles. The summed E-state index contributed by atoms with van der Waals surface area (Å²) >= 11 is 0. The van der Waals surface area contributed by atoms with E-state index in [1.807, 2.05) is 71.6 Å². The Bertz CT molecular complexity index is 2130. The van der Waals surface area contributed by atoms with Gasteiger partial charge in [0.1, 0.15) is 18.0 Å². The van der Waals surface area contributed by atoms with Crippen molar-refractivity contribution >= 4 is 57.2 Å². The lowest BCUT2D eigenvalue weighted by atomic mass is 9.81. The molecule has 2 aliphatic carbocycles. The molecular weight excluding hydrogens is 721 g/mol. The summed E-state index contributed by atoms with van der Waals surface area (Å²) in [6, 6.07) is 17.7. The Labute approximate surface area is 332 Å². The van der Waals surface area contributed by atoms with Crippen LogP contribution in [-0.2, 0) is 27.7 Å². The predicted octanol–water partition coefficient (Wildman–Crippen LogP) is 5.30. The quantitative estimate of drug-likeness (QED) is 0.0610. The number of ether oxygens (including phenoxy) is 1. The molecule has 0 unspecified atom stereocenters. The van der Waals surface area contributed by atoms with Crippen molar-refractivity contribution in [2.24, 2.45) is 34.4 Å². The molecule has 0 saturated heterocycles. The van der Waals surface area contributed by atoms with Gasteiger partial charge < -0.3 is 46.6 Å². The van der Waals surface area contributed by atoms with Gasteiger partial charge in [0.05, 0.1) is 24.5 Å². The number of fused-ring (bicyclic) bond motifs is 2. The molecule has 300 valence electrons. The minimum atomic E-state index is 0.00286. The maximum Gasteiger partial charge on any atom is 0.227 e. The van der Waals surface area contributed by atoms with Crippen molar-refractivity contribution < 1.29 is 14.3 Å². The number of aromatic nitrogens is 4. The van der Waals surface area contributed by atoms with Crippen molar-refractivity contribution in [1.29, 1.82) is 5.41 Å². The standard InChI is InChI=1S/C24H30N6O2.C18H24N6O/c25-24(26)28-14-17-6-8-19(9-7-17)23(31)29-21-10-12-27-22-20(21)11-13-30(22)16-32-15-18-4-2-1-3-5-18;25-17(24-15-6-8-20-16-14(15)5-7-19-16)13-3-1-12(2-4-13)11-23-18-21-9-10-22-18/h1-5,10-13,17,19H,6-9,14-16H2,(H4,25,26,28)(H,27,29,31);5-8,12-13H,1-4,9-11H2,(H2,21,22,23)(H2,19,20,24,25)/t17-,19-;12-,13-. The Morgan fingerprint density at radius 1 is 0.825 bits per heavy atom. The Kier molecular flexibility index (Phi) is 13.3. The second-order valence-corrected chi connectivity index (χ2v) is 15.2. The fraction of sp³-hybridized carbons (Fsp3) is 0.429. The molecule has 0 spiro atoms. The van der Waals surface area contributed by atoms with Crippen LogP contribution in [0.1, 0.15) is 56.9 Å². The second kappa shape index (κ2) is 19.3. The van der Waals surface area contributed by atoms with Crippen molar-refractivity contribution in [1.82, 2.24) is 35.5 Å². The highest BCUT2D eigenvalue weighted by Gasteiger charge is 2.28. The molecule has 57 heavy (non-hydrogen) atoms. The van der Waals surface area contributed by atoms with Crippen molar-refractivity contribution in [3.63, 3.8) is 0 Å². The number of aromatic amines is 1. The van der Waals surface area contributed by atoms with Crippen molar-refractivity contribution in [3.8, 4) is 0 Å². The number of rotatable bonds is 12. The van der Waals surface area contributed by atoms with Crippen LogP contribution in [0, 0.1) is 29.1 Å². The molecule has 1 aliphatic heterocycles. The summed E-state index contributed by atoms with van der Waals surface area (Å²) in [7, 11) is 0.